The van der Waals surface area contributed by atoms with Gasteiger partial charge in [-0.1, -0.05) is 6.92 Å². The SMILES string of the molecule is CCc1ccsc1CNCc1cc(Br)c(C)s1. The Balaban J connectivity index is 1.87. The van der Waals surface area contributed by atoms with Crippen molar-refractivity contribution < 1.29 is 0 Å². The number of nitrogens with one attached hydrogen (secondary N) is 1. The fourth-order valence-corrected chi connectivity index (χ4v) is 4.26. The second-order valence-corrected chi connectivity index (χ2v) is 7.14. The van der Waals surface area contributed by atoms with Gasteiger partial charge in [-0.05, 0) is 52.4 Å². The predicted octanol–water partition coefficient (Wildman–Crippen LogP) is 4.73. The fourth-order valence-electron chi connectivity index (χ4n) is 1.74. The zero-order valence-electron chi connectivity index (χ0n) is 10.0. The second kappa shape index (κ2) is 6.14. The lowest BCUT2D eigenvalue weighted by Gasteiger charge is -2.03. The summed E-state index contributed by atoms with van der Waals surface area (Å²) in [6.07, 6.45) is 1.13. The van der Waals surface area contributed by atoms with E-state index in [0.29, 0.717) is 0 Å². The molecule has 0 saturated heterocycles. The molecule has 2 rings (SSSR count). The zero-order chi connectivity index (χ0) is 12.3. The second-order valence-electron chi connectivity index (χ2n) is 3.94. The van der Waals surface area contributed by atoms with Crippen LogP contribution in [0, 0.1) is 6.92 Å². The standard InChI is InChI=1S/C13H16BrNS2/c1-3-10-4-5-16-13(10)8-15-7-11-6-12(14)9(2)17-11/h4-6,15H,3,7-8H2,1-2H3. The molecule has 2 aromatic rings. The van der Waals surface area contributed by atoms with Gasteiger partial charge < -0.3 is 5.32 Å². The average Bonchev–Trinajstić information content (AvgIpc) is 2.87. The average molecular weight is 330 g/mol. The largest absolute Gasteiger partial charge is 0.307 e. The van der Waals surface area contributed by atoms with E-state index >= 15 is 0 Å². The Kier molecular flexibility index (Phi) is 4.79. The molecule has 0 spiro atoms. The molecule has 0 aromatic carbocycles. The molecule has 17 heavy (non-hydrogen) atoms. The van der Waals surface area contributed by atoms with Crippen molar-refractivity contribution in [3.8, 4) is 0 Å². The van der Waals surface area contributed by atoms with Gasteiger partial charge in [-0.15, -0.1) is 22.7 Å². The minimum atomic E-state index is 0.957. The molecule has 4 heteroatoms. The Labute approximate surface area is 119 Å². The van der Waals surface area contributed by atoms with E-state index in [-0.39, 0.29) is 0 Å². The molecule has 0 aliphatic rings. The predicted molar refractivity (Wildman–Crippen MR) is 81.0 cm³/mol. The highest BCUT2D eigenvalue weighted by Gasteiger charge is 2.04. The van der Waals surface area contributed by atoms with Crippen LogP contribution in [0.3, 0.4) is 0 Å². The molecular weight excluding hydrogens is 314 g/mol. The zero-order valence-corrected chi connectivity index (χ0v) is 13.3. The first kappa shape index (κ1) is 13.3. The molecule has 0 aliphatic heterocycles. The van der Waals surface area contributed by atoms with Crippen molar-refractivity contribution >= 4 is 38.6 Å². The summed E-state index contributed by atoms with van der Waals surface area (Å²) in [5.74, 6) is 0. The third-order valence-electron chi connectivity index (χ3n) is 2.71. The van der Waals surface area contributed by atoms with Gasteiger partial charge in [0.15, 0.2) is 0 Å². The van der Waals surface area contributed by atoms with E-state index in [9.17, 15) is 0 Å². The lowest BCUT2D eigenvalue weighted by atomic mass is 10.2. The number of hydrogen-bond donors (Lipinski definition) is 1. The molecule has 0 amide bonds. The third-order valence-corrected chi connectivity index (χ3v) is 5.81. The van der Waals surface area contributed by atoms with Crippen molar-refractivity contribution in [2.24, 2.45) is 0 Å². The summed E-state index contributed by atoms with van der Waals surface area (Å²) in [5.41, 5.74) is 1.48. The Morgan fingerprint density at radius 1 is 1.35 bits per heavy atom. The summed E-state index contributed by atoms with van der Waals surface area (Å²) in [5, 5.41) is 5.70. The van der Waals surface area contributed by atoms with E-state index in [2.05, 4.69) is 52.6 Å². The quantitative estimate of drug-likeness (QED) is 0.835. The summed E-state index contributed by atoms with van der Waals surface area (Å²) in [6, 6.07) is 4.44. The number of rotatable bonds is 5. The maximum absolute atomic E-state index is 3.55. The van der Waals surface area contributed by atoms with Crippen molar-refractivity contribution in [3.63, 3.8) is 0 Å². The molecule has 0 fully saturated rings. The van der Waals surface area contributed by atoms with E-state index in [1.54, 1.807) is 0 Å². The van der Waals surface area contributed by atoms with Gasteiger partial charge in [-0.25, -0.2) is 0 Å². The summed E-state index contributed by atoms with van der Waals surface area (Å²) in [7, 11) is 0. The monoisotopic (exact) mass is 329 g/mol. The molecule has 0 saturated carbocycles. The fraction of sp³-hybridized carbons (Fsp3) is 0.385. The first-order valence-electron chi connectivity index (χ1n) is 5.71. The molecule has 1 N–H and O–H groups in total. The first-order chi connectivity index (χ1) is 8.20. The number of hydrogen-bond acceptors (Lipinski definition) is 3. The minimum absolute atomic E-state index is 0.957. The van der Waals surface area contributed by atoms with Gasteiger partial charge in [-0.3, -0.25) is 0 Å². The van der Waals surface area contributed by atoms with E-state index in [1.165, 1.54) is 24.7 Å². The van der Waals surface area contributed by atoms with Crippen molar-refractivity contribution in [2.45, 2.75) is 33.4 Å². The van der Waals surface area contributed by atoms with E-state index < -0.39 is 0 Å². The van der Waals surface area contributed by atoms with Crippen LogP contribution in [-0.2, 0) is 19.5 Å². The summed E-state index contributed by atoms with van der Waals surface area (Å²) in [6.45, 7) is 6.30. The van der Waals surface area contributed by atoms with Crippen molar-refractivity contribution in [1.29, 1.82) is 0 Å². The maximum atomic E-state index is 3.55. The minimum Gasteiger partial charge on any atom is -0.307 e. The molecule has 0 bridgehead atoms. The van der Waals surface area contributed by atoms with Gasteiger partial charge in [0.1, 0.15) is 0 Å². The van der Waals surface area contributed by atoms with Crippen LogP contribution in [0.4, 0.5) is 0 Å². The molecule has 2 heterocycles. The first-order valence-corrected chi connectivity index (χ1v) is 8.20. The number of aryl methyl sites for hydroxylation is 2. The highest BCUT2D eigenvalue weighted by atomic mass is 79.9. The molecule has 0 atom stereocenters. The highest BCUT2D eigenvalue weighted by Crippen LogP contribution is 2.26. The van der Waals surface area contributed by atoms with E-state index in [4.69, 9.17) is 0 Å². The van der Waals surface area contributed by atoms with Crippen LogP contribution in [0.15, 0.2) is 22.0 Å². The molecule has 0 radical (unpaired) electrons. The van der Waals surface area contributed by atoms with Crippen LogP contribution in [0.2, 0.25) is 0 Å². The normalized spacial score (nSPS) is 11.0. The lowest BCUT2D eigenvalue weighted by molar-refractivity contribution is 0.704. The molecule has 92 valence electrons. The third kappa shape index (κ3) is 3.41. The Bertz CT molecular complexity index is 468. The Hall–Kier alpha value is -0.160. The van der Waals surface area contributed by atoms with E-state index in [0.717, 1.165) is 19.5 Å². The van der Waals surface area contributed by atoms with Crippen molar-refractivity contribution in [1.82, 2.24) is 5.32 Å². The van der Waals surface area contributed by atoms with Crippen LogP contribution in [-0.4, -0.2) is 0 Å². The molecule has 2 aromatic heterocycles. The topological polar surface area (TPSA) is 12.0 Å². The number of halogens is 1. The molecule has 1 nitrogen and oxygen atoms in total. The summed E-state index contributed by atoms with van der Waals surface area (Å²) >= 11 is 7.26. The molecular formula is C13H16BrNS2. The Morgan fingerprint density at radius 3 is 2.82 bits per heavy atom. The van der Waals surface area contributed by atoms with Gasteiger partial charge >= 0.3 is 0 Å². The van der Waals surface area contributed by atoms with Crippen LogP contribution in [0.1, 0.15) is 27.1 Å². The van der Waals surface area contributed by atoms with Crippen LogP contribution in [0.5, 0.6) is 0 Å². The van der Waals surface area contributed by atoms with Crippen molar-refractivity contribution in [2.75, 3.05) is 0 Å². The van der Waals surface area contributed by atoms with Crippen LogP contribution in [0.25, 0.3) is 0 Å². The van der Waals surface area contributed by atoms with E-state index in [1.807, 2.05) is 22.7 Å². The van der Waals surface area contributed by atoms with Gasteiger partial charge in [0, 0.05) is 32.2 Å². The van der Waals surface area contributed by atoms with Crippen LogP contribution >= 0.6 is 38.6 Å². The maximum Gasteiger partial charge on any atom is 0.0314 e. The van der Waals surface area contributed by atoms with Crippen LogP contribution < -0.4 is 5.32 Å². The van der Waals surface area contributed by atoms with Gasteiger partial charge in [0.05, 0.1) is 0 Å². The molecule has 0 aliphatic carbocycles. The van der Waals surface area contributed by atoms with Gasteiger partial charge in [0.2, 0.25) is 0 Å². The Morgan fingerprint density at radius 2 is 2.18 bits per heavy atom. The number of thiophene rings is 2. The highest BCUT2D eigenvalue weighted by molar-refractivity contribution is 9.10. The van der Waals surface area contributed by atoms with Gasteiger partial charge in [0.25, 0.3) is 0 Å². The summed E-state index contributed by atoms with van der Waals surface area (Å²) in [4.78, 5) is 4.22. The molecule has 0 unspecified atom stereocenters. The summed E-state index contributed by atoms with van der Waals surface area (Å²) < 4.78 is 1.23. The smallest absolute Gasteiger partial charge is 0.0314 e. The van der Waals surface area contributed by atoms with Crippen molar-refractivity contribution in [3.05, 3.63) is 42.2 Å². The van der Waals surface area contributed by atoms with Gasteiger partial charge in [-0.2, -0.15) is 0 Å². The lowest BCUT2D eigenvalue weighted by Crippen LogP contribution is -2.11.